The largest absolute Gasteiger partial charge is 0.496 e. The Morgan fingerprint density at radius 3 is 1.87 bits per heavy atom. The number of carbonyl (C=O) groups is 6. The number of thioether (sulfide) groups is 1. The molecule has 1 aromatic rings. The molecule has 0 aliphatic carbocycles. The van der Waals surface area contributed by atoms with E-state index in [0.717, 1.165) is 0 Å². The lowest BCUT2D eigenvalue weighted by Crippen LogP contribution is -2.70. The molecule has 214 valence electrons. The predicted octanol–water partition coefficient (Wildman–Crippen LogP) is -0.299. The molecular formula is C23H28N2O13S. The van der Waals surface area contributed by atoms with Crippen molar-refractivity contribution in [3.8, 4) is 11.5 Å². The number of ether oxygens (including phenoxy) is 2. The molecule has 0 unspecified atom stereocenters. The normalized spacial score (nSPS) is 20.9. The standard InChI is InChI=1S/C17H20N2O6S.C6H8O7/c1-17(2)12(16(22)23)19-14(21)11(15(19)26-17)18-13(20)10-8(24-3)6-5-7-9(10)25-4;7-3(8)1-6(13,5(11)12)2-4(9)10/h5-7,11-12,15H,1-4H3,(H,18,20)(H,22,23);13H,1-2H2,(H,7,8)(H,9,10)(H,11,12)/t11-,12+,15-;/m1./s1. The number of methoxy groups -OCH3 is 2. The summed E-state index contributed by atoms with van der Waals surface area (Å²) < 4.78 is 9.79. The molecule has 0 radical (unpaired) electrons. The fraction of sp³-hybridized carbons (Fsp3) is 0.478. The summed E-state index contributed by atoms with van der Waals surface area (Å²) in [6.07, 6.45) is -2.29. The first-order chi connectivity index (χ1) is 18.0. The van der Waals surface area contributed by atoms with Crippen LogP contribution in [-0.2, 0) is 24.0 Å². The smallest absolute Gasteiger partial charge is 0.336 e. The van der Waals surface area contributed by atoms with Gasteiger partial charge in [0.15, 0.2) is 5.60 Å². The first-order valence-electron chi connectivity index (χ1n) is 11.1. The molecule has 2 aliphatic rings. The molecule has 1 aromatic carbocycles. The summed E-state index contributed by atoms with van der Waals surface area (Å²) in [7, 11) is 2.88. The maximum atomic E-state index is 12.8. The van der Waals surface area contributed by atoms with E-state index in [4.69, 9.17) is 29.9 Å². The Kier molecular flexibility index (Phi) is 9.41. The Labute approximate surface area is 225 Å². The first-order valence-corrected chi connectivity index (χ1v) is 12.0. The van der Waals surface area contributed by atoms with Gasteiger partial charge in [-0.1, -0.05) is 6.07 Å². The van der Waals surface area contributed by atoms with Gasteiger partial charge in [0, 0.05) is 4.75 Å². The van der Waals surface area contributed by atoms with Gasteiger partial charge < -0.3 is 45.2 Å². The van der Waals surface area contributed by atoms with E-state index in [2.05, 4.69) is 5.32 Å². The monoisotopic (exact) mass is 572 g/mol. The fourth-order valence-corrected chi connectivity index (χ4v) is 5.77. The first kappa shape index (κ1) is 31.2. The SMILES string of the molecule is COc1cccc(OC)c1C(=O)N[C@@H]1C(=O)N2[C@@H]1SC(C)(C)[C@@H]2C(=O)O.O=C(O)CC(O)(CC(=O)O)C(=O)O. The van der Waals surface area contributed by atoms with Crippen LogP contribution in [0.2, 0.25) is 0 Å². The highest BCUT2D eigenvalue weighted by molar-refractivity contribution is 8.01. The summed E-state index contributed by atoms with van der Waals surface area (Å²) in [5.41, 5.74) is -2.54. The number of carboxylic acids is 4. The minimum atomic E-state index is -2.74. The van der Waals surface area contributed by atoms with Crippen LogP contribution in [0.15, 0.2) is 18.2 Å². The maximum Gasteiger partial charge on any atom is 0.336 e. The van der Waals surface area contributed by atoms with Crippen LogP contribution in [0.25, 0.3) is 0 Å². The van der Waals surface area contributed by atoms with Crippen molar-refractivity contribution < 1.29 is 63.8 Å². The van der Waals surface area contributed by atoms with Crippen molar-refractivity contribution in [1.29, 1.82) is 0 Å². The number of benzene rings is 1. The van der Waals surface area contributed by atoms with E-state index in [0.29, 0.717) is 11.5 Å². The van der Waals surface area contributed by atoms with Gasteiger partial charge >= 0.3 is 23.9 Å². The van der Waals surface area contributed by atoms with Crippen LogP contribution in [0.1, 0.15) is 37.0 Å². The van der Waals surface area contributed by atoms with Crippen LogP contribution >= 0.6 is 11.8 Å². The number of nitrogens with zero attached hydrogens (tertiary/aromatic N) is 1. The summed E-state index contributed by atoms with van der Waals surface area (Å²) >= 11 is 1.37. The number of β-lactam (4-membered cyclic amide) rings is 1. The predicted molar refractivity (Wildman–Crippen MR) is 132 cm³/mol. The van der Waals surface area contributed by atoms with Crippen LogP contribution < -0.4 is 14.8 Å². The van der Waals surface area contributed by atoms with Gasteiger partial charge in [0.2, 0.25) is 5.91 Å². The van der Waals surface area contributed by atoms with E-state index >= 15 is 0 Å². The highest BCUT2D eigenvalue weighted by Gasteiger charge is 2.64. The van der Waals surface area contributed by atoms with Gasteiger partial charge in [-0.2, -0.15) is 0 Å². The van der Waals surface area contributed by atoms with Gasteiger partial charge in [-0.25, -0.2) is 9.59 Å². The van der Waals surface area contributed by atoms with Crippen molar-refractivity contribution in [3.63, 3.8) is 0 Å². The molecule has 2 fully saturated rings. The zero-order valence-corrected chi connectivity index (χ0v) is 22.1. The Bertz CT molecular complexity index is 1150. The van der Waals surface area contributed by atoms with Crippen LogP contribution in [0, 0.1) is 0 Å². The van der Waals surface area contributed by atoms with Crippen molar-refractivity contribution in [3.05, 3.63) is 23.8 Å². The number of carboxylic acid groups (broad SMARTS) is 4. The van der Waals surface area contributed by atoms with E-state index < -0.39 is 76.3 Å². The van der Waals surface area contributed by atoms with Gasteiger partial charge in [-0.05, 0) is 26.0 Å². The zero-order valence-electron chi connectivity index (χ0n) is 21.2. The number of amides is 2. The summed E-state index contributed by atoms with van der Waals surface area (Å²) in [5, 5.41) is 45.5. The Hall–Kier alpha value is -4.05. The Morgan fingerprint density at radius 1 is 1.00 bits per heavy atom. The molecule has 0 spiro atoms. The average Bonchev–Trinajstić information content (AvgIpc) is 3.08. The Balaban J connectivity index is 0.000000349. The number of nitrogens with one attached hydrogen (secondary N) is 1. The highest BCUT2D eigenvalue weighted by Crippen LogP contribution is 2.50. The van der Waals surface area contributed by atoms with Crippen LogP contribution in [-0.4, -0.2) is 108 Å². The van der Waals surface area contributed by atoms with E-state index in [-0.39, 0.29) is 5.56 Å². The number of fused-ring (bicyclic) bond motifs is 1. The number of aliphatic carboxylic acids is 4. The quantitative estimate of drug-likeness (QED) is 0.197. The third kappa shape index (κ3) is 6.51. The summed E-state index contributed by atoms with van der Waals surface area (Å²) in [4.78, 5) is 68.6. The minimum absolute atomic E-state index is 0.195. The van der Waals surface area contributed by atoms with Crippen LogP contribution in [0.3, 0.4) is 0 Å². The van der Waals surface area contributed by atoms with Crippen LogP contribution in [0.5, 0.6) is 11.5 Å². The number of hydrogen-bond acceptors (Lipinski definition) is 10. The van der Waals surface area contributed by atoms with E-state index in [1.165, 1.54) is 30.9 Å². The third-order valence-electron chi connectivity index (χ3n) is 5.90. The van der Waals surface area contributed by atoms with Crippen molar-refractivity contribution in [2.24, 2.45) is 0 Å². The number of aliphatic hydroxyl groups is 1. The second-order valence-corrected chi connectivity index (χ2v) is 10.8. The molecule has 2 heterocycles. The summed E-state index contributed by atoms with van der Waals surface area (Å²) in [6.45, 7) is 3.56. The molecule has 0 aromatic heterocycles. The van der Waals surface area contributed by atoms with E-state index in [9.17, 15) is 33.9 Å². The second kappa shape index (κ2) is 11.8. The molecule has 3 atom stereocenters. The topological polar surface area (TPSA) is 237 Å². The van der Waals surface area contributed by atoms with Crippen LogP contribution in [0.4, 0.5) is 0 Å². The summed E-state index contributed by atoms with van der Waals surface area (Å²) in [6, 6.07) is 3.24. The highest BCUT2D eigenvalue weighted by atomic mass is 32.2. The van der Waals surface area contributed by atoms with Crippen molar-refractivity contribution in [2.45, 2.75) is 54.5 Å². The molecule has 2 saturated heterocycles. The molecule has 39 heavy (non-hydrogen) atoms. The van der Waals surface area contributed by atoms with E-state index in [1.54, 1.807) is 32.0 Å². The van der Waals surface area contributed by atoms with Gasteiger partial charge in [0.1, 0.15) is 34.5 Å². The van der Waals surface area contributed by atoms with Crippen molar-refractivity contribution in [1.82, 2.24) is 10.2 Å². The molecule has 15 nitrogen and oxygen atoms in total. The molecule has 6 N–H and O–H groups in total. The minimum Gasteiger partial charge on any atom is -0.496 e. The number of hydrogen-bond donors (Lipinski definition) is 6. The van der Waals surface area contributed by atoms with Gasteiger partial charge in [-0.15, -0.1) is 11.8 Å². The molecule has 2 amide bonds. The third-order valence-corrected chi connectivity index (χ3v) is 7.47. The number of carbonyl (C=O) groups excluding carboxylic acids is 2. The van der Waals surface area contributed by atoms with Gasteiger partial charge in [-0.3, -0.25) is 19.2 Å². The maximum absolute atomic E-state index is 12.8. The lowest BCUT2D eigenvalue weighted by atomic mass is 9.96. The molecule has 2 aliphatic heterocycles. The zero-order chi connectivity index (χ0) is 29.9. The summed E-state index contributed by atoms with van der Waals surface area (Å²) in [5.74, 6) is -6.32. The molecule has 0 saturated carbocycles. The lowest BCUT2D eigenvalue weighted by Gasteiger charge is -2.43. The van der Waals surface area contributed by atoms with Crippen molar-refractivity contribution in [2.75, 3.05) is 14.2 Å². The lowest BCUT2D eigenvalue weighted by molar-refractivity contribution is -0.170. The average molecular weight is 573 g/mol. The van der Waals surface area contributed by atoms with Crippen molar-refractivity contribution >= 4 is 47.5 Å². The molecule has 0 bridgehead atoms. The second-order valence-electron chi connectivity index (χ2n) is 9.06. The number of rotatable bonds is 10. The van der Waals surface area contributed by atoms with Gasteiger partial charge in [0.05, 0.1) is 27.1 Å². The molecule has 3 rings (SSSR count). The fourth-order valence-electron chi connectivity index (χ4n) is 4.15. The Morgan fingerprint density at radius 2 is 1.49 bits per heavy atom. The molecular weight excluding hydrogens is 544 g/mol. The van der Waals surface area contributed by atoms with Gasteiger partial charge in [0.25, 0.3) is 5.91 Å². The van der Waals surface area contributed by atoms with E-state index in [1.807, 2.05) is 0 Å². The molecule has 16 heteroatoms.